The second-order valence-corrected chi connectivity index (χ2v) is 14.9. The van der Waals surface area contributed by atoms with Gasteiger partial charge in [0.1, 0.15) is 11.6 Å². The van der Waals surface area contributed by atoms with Gasteiger partial charge in [0.25, 0.3) is 23.6 Å². The van der Waals surface area contributed by atoms with E-state index in [-0.39, 0.29) is 5.56 Å². The first-order valence-corrected chi connectivity index (χ1v) is 18.3. The van der Waals surface area contributed by atoms with Gasteiger partial charge in [-0.1, -0.05) is 78.9 Å². The Hall–Kier alpha value is -6.96. The highest BCUT2D eigenvalue weighted by molar-refractivity contribution is 6.34. The molecule has 4 amide bonds. The molecule has 2 heterocycles. The maximum atomic E-state index is 16.7. The molecule has 0 radical (unpaired) electrons. The van der Waals surface area contributed by atoms with Gasteiger partial charge in [-0.3, -0.25) is 24.1 Å². The molecule has 0 spiro atoms. The maximum absolute atomic E-state index is 16.7. The fraction of sp³-hybridized carbons (Fsp3) is 0.130. The zero-order valence-electron chi connectivity index (χ0n) is 31.1. The summed E-state index contributed by atoms with van der Waals surface area (Å²) >= 11 is 0. The first-order chi connectivity index (χ1) is 28.3. The normalized spacial score (nSPS) is 15.7. The molecule has 0 saturated heterocycles. The minimum atomic E-state index is -6.16. The van der Waals surface area contributed by atoms with Gasteiger partial charge >= 0.3 is 12.4 Å². The average molecular weight is 823 g/mol. The van der Waals surface area contributed by atoms with E-state index in [1.54, 1.807) is 31.2 Å². The number of anilines is 1. The van der Waals surface area contributed by atoms with Gasteiger partial charge in [-0.2, -0.15) is 26.3 Å². The minimum Gasteiger partial charge on any atom is -0.277 e. The molecule has 0 atom stereocenters. The molecule has 3 aliphatic rings. The molecule has 6 aromatic carbocycles. The summed E-state index contributed by atoms with van der Waals surface area (Å²) in [6.07, 6.45) is -12.3. The second kappa shape index (κ2) is 12.8. The van der Waals surface area contributed by atoms with E-state index in [1.165, 1.54) is 12.1 Å². The van der Waals surface area contributed by atoms with Crippen LogP contribution in [0.3, 0.4) is 0 Å². The Kier molecular flexibility index (Phi) is 8.20. The number of carbonyl (C=O) groups is 4. The molecule has 9 rings (SSSR count). The van der Waals surface area contributed by atoms with Crippen molar-refractivity contribution in [2.24, 2.45) is 0 Å². The van der Waals surface area contributed by atoms with Gasteiger partial charge in [0.15, 0.2) is 0 Å². The summed E-state index contributed by atoms with van der Waals surface area (Å²) in [5.41, 5.74) is -8.35. The van der Waals surface area contributed by atoms with Crippen LogP contribution in [0.25, 0.3) is 11.1 Å². The predicted octanol–water partition coefficient (Wildman–Crippen LogP) is 10.1. The first kappa shape index (κ1) is 38.6. The summed E-state index contributed by atoms with van der Waals surface area (Å²) in [5, 5.41) is 0. The topological polar surface area (TPSA) is 74.8 Å². The van der Waals surface area contributed by atoms with Crippen molar-refractivity contribution >= 4 is 29.3 Å². The van der Waals surface area contributed by atoms with Crippen LogP contribution in [0.2, 0.25) is 0 Å². The highest BCUT2D eigenvalue weighted by atomic mass is 19.4. The SMILES string of the molecule is Cc1ccc(C2(c3ccc(N4C(=O)c5ccc(C(c6ccc7c(c6)C(=O)N(C)C7=O)(C(F)(F)F)C(F)(F)F)cc5C4=O)c(F)c3)c3ccccc3-c3ccccc32)cc1F. The van der Waals surface area contributed by atoms with Gasteiger partial charge in [-0.25, -0.2) is 13.7 Å². The van der Waals surface area contributed by atoms with E-state index in [4.69, 9.17) is 0 Å². The second-order valence-electron chi connectivity index (χ2n) is 14.9. The van der Waals surface area contributed by atoms with Gasteiger partial charge in [0.05, 0.1) is 33.4 Å². The number of halogens is 8. The van der Waals surface area contributed by atoms with Crippen molar-refractivity contribution in [3.05, 3.63) is 194 Å². The highest BCUT2D eigenvalue weighted by Gasteiger charge is 2.73. The smallest absolute Gasteiger partial charge is 0.277 e. The van der Waals surface area contributed by atoms with Gasteiger partial charge in [-0.05, 0) is 99.5 Å². The summed E-state index contributed by atoms with van der Waals surface area (Å²) in [4.78, 5) is 53.8. The number of aryl methyl sites for hydroxylation is 1. The third-order valence-electron chi connectivity index (χ3n) is 11.9. The van der Waals surface area contributed by atoms with Gasteiger partial charge in [0, 0.05) is 7.05 Å². The minimum absolute atomic E-state index is 0.268. The van der Waals surface area contributed by atoms with Crippen LogP contribution >= 0.6 is 0 Å². The fourth-order valence-corrected chi connectivity index (χ4v) is 9.04. The number of fused-ring (bicyclic) bond motifs is 5. The quantitative estimate of drug-likeness (QED) is 0.128. The molecule has 0 fully saturated rings. The van der Waals surface area contributed by atoms with E-state index < -0.39 is 97.5 Å². The molecule has 2 aliphatic heterocycles. The fourth-order valence-electron chi connectivity index (χ4n) is 9.04. The number of hydrogen-bond donors (Lipinski definition) is 0. The molecule has 0 bridgehead atoms. The van der Waals surface area contributed by atoms with Crippen LogP contribution in [-0.4, -0.2) is 47.9 Å². The lowest BCUT2D eigenvalue weighted by Gasteiger charge is -2.38. The van der Waals surface area contributed by atoms with Crippen molar-refractivity contribution in [1.82, 2.24) is 4.90 Å². The van der Waals surface area contributed by atoms with Crippen molar-refractivity contribution in [2.45, 2.75) is 30.1 Å². The molecule has 6 nitrogen and oxygen atoms in total. The van der Waals surface area contributed by atoms with E-state index in [1.807, 2.05) is 36.4 Å². The zero-order chi connectivity index (χ0) is 42.8. The summed E-state index contributed by atoms with van der Waals surface area (Å²) in [6.45, 7) is 1.59. The van der Waals surface area contributed by atoms with Crippen molar-refractivity contribution in [1.29, 1.82) is 0 Å². The predicted molar refractivity (Wildman–Crippen MR) is 202 cm³/mol. The van der Waals surface area contributed by atoms with Crippen LogP contribution in [0.5, 0.6) is 0 Å². The summed E-state index contributed by atoms with van der Waals surface area (Å²) in [6, 6.07) is 25.6. The number of benzene rings is 6. The van der Waals surface area contributed by atoms with Crippen LogP contribution in [0.1, 0.15) is 80.4 Å². The molecular formula is C46H26F8N2O4. The maximum Gasteiger partial charge on any atom is 0.411 e. The number of alkyl halides is 6. The zero-order valence-corrected chi connectivity index (χ0v) is 31.1. The Morgan fingerprint density at radius 3 is 1.45 bits per heavy atom. The van der Waals surface area contributed by atoms with Crippen LogP contribution in [-0.2, 0) is 10.8 Å². The third-order valence-corrected chi connectivity index (χ3v) is 11.9. The molecule has 0 aromatic heterocycles. The summed E-state index contributed by atoms with van der Waals surface area (Å²) < 4.78 is 123. The van der Waals surface area contributed by atoms with Crippen molar-refractivity contribution < 1.29 is 54.3 Å². The van der Waals surface area contributed by atoms with E-state index >= 15 is 35.1 Å². The monoisotopic (exact) mass is 822 g/mol. The standard InChI is InChI=1S/C46H26F8N2O4/c1-23-11-12-24(21-36(23)47)43(34-9-5-3-7-28(34)29-8-4-6-10-35(29)43)25-15-18-38(37(48)22-25)56-41(59)31-17-14-27(20-33(31)42(56)60)44(45(49,50)51,46(52,53)54)26-13-16-30-32(19-26)40(58)55(2)39(30)57/h3-22H,1-2H3. The van der Waals surface area contributed by atoms with Crippen LogP contribution in [0.4, 0.5) is 40.8 Å². The summed E-state index contributed by atoms with van der Waals surface area (Å²) in [7, 11) is 1.02. The molecule has 0 saturated carbocycles. The number of amides is 4. The third kappa shape index (κ3) is 4.93. The number of carbonyl (C=O) groups excluding carboxylic acids is 4. The van der Waals surface area contributed by atoms with E-state index in [9.17, 15) is 19.2 Å². The Balaban J connectivity index is 1.18. The van der Waals surface area contributed by atoms with E-state index in [0.29, 0.717) is 68.5 Å². The molecular weight excluding hydrogens is 796 g/mol. The molecule has 14 heteroatoms. The van der Waals surface area contributed by atoms with Crippen molar-refractivity contribution in [2.75, 3.05) is 11.9 Å². The molecule has 60 heavy (non-hydrogen) atoms. The Morgan fingerprint density at radius 1 is 0.483 bits per heavy atom. The number of rotatable bonds is 5. The lowest BCUT2D eigenvalue weighted by molar-refractivity contribution is -0.288. The van der Waals surface area contributed by atoms with Crippen LogP contribution in [0, 0.1) is 18.6 Å². The Labute approximate surface area is 335 Å². The van der Waals surface area contributed by atoms with Crippen LogP contribution in [0.15, 0.2) is 121 Å². The van der Waals surface area contributed by atoms with Crippen molar-refractivity contribution in [3.63, 3.8) is 0 Å². The molecule has 0 unspecified atom stereocenters. The van der Waals surface area contributed by atoms with Crippen LogP contribution < -0.4 is 4.90 Å². The van der Waals surface area contributed by atoms with E-state index in [0.717, 1.165) is 30.3 Å². The molecule has 0 N–H and O–H groups in total. The lowest BCUT2D eigenvalue weighted by atomic mass is 9.67. The van der Waals surface area contributed by atoms with Gasteiger partial charge < -0.3 is 0 Å². The summed E-state index contributed by atoms with van der Waals surface area (Å²) in [5.74, 6) is -6.32. The van der Waals surface area contributed by atoms with Gasteiger partial charge in [0.2, 0.25) is 5.41 Å². The van der Waals surface area contributed by atoms with Gasteiger partial charge in [-0.15, -0.1) is 0 Å². The lowest BCUT2D eigenvalue weighted by Crippen LogP contribution is -2.55. The first-order valence-electron chi connectivity index (χ1n) is 18.3. The Morgan fingerprint density at radius 2 is 0.933 bits per heavy atom. The van der Waals surface area contributed by atoms with E-state index in [2.05, 4.69) is 0 Å². The Bertz CT molecular complexity index is 2860. The molecule has 6 aromatic rings. The largest absolute Gasteiger partial charge is 0.411 e. The number of imide groups is 2. The number of hydrogen-bond acceptors (Lipinski definition) is 4. The number of nitrogens with zero attached hydrogens (tertiary/aromatic N) is 2. The molecule has 300 valence electrons. The molecule has 1 aliphatic carbocycles. The van der Waals surface area contributed by atoms with Crippen molar-refractivity contribution in [3.8, 4) is 11.1 Å². The average Bonchev–Trinajstić information content (AvgIpc) is 3.73. The highest BCUT2D eigenvalue weighted by Crippen LogP contribution is 2.58.